The lowest BCUT2D eigenvalue weighted by Crippen LogP contribution is -2.32. The quantitative estimate of drug-likeness (QED) is 0.192. The summed E-state index contributed by atoms with van der Waals surface area (Å²) < 4.78 is 0. The van der Waals surface area contributed by atoms with Crippen LogP contribution in [0.25, 0.3) is 0 Å². The van der Waals surface area contributed by atoms with Gasteiger partial charge in [-0.3, -0.25) is 14.9 Å². The van der Waals surface area contributed by atoms with Gasteiger partial charge in [0.1, 0.15) is 6.61 Å². The van der Waals surface area contributed by atoms with Crippen molar-refractivity contribution in [2.24, 2.45) is 0 Å². The number of rotatable bonds is 22. The van der Waals surface area contributed by atoms with Crippen LogP contribution in [0.2, 0.25) is 0 Å². The Morgan fingerprint density at radius 2 is 0.828 bits per heavy atom. The van der Waals surface area contributed by atoms with E-state index in [1.54, 1.807) is 0 Å². The number of hydrogen-bond acceptors (Lipinski definition) is 3. The van der Waals surface area contributed by atoms with Crippen LogP contribution in [-0.2, 0) is 9.59 Å². The summed E-state index contributed by atoms with van der Waals surface area (Å²) in [6.07, 6.45) is 27.1. The molecule has 0 fully saturated rings. The number of aliphatic hydroxyl groups excluding tert-OH is 1. The van der Waals surface area contributed by atoms with Gasteiger partial charge in [-0.2, -0.15) is 0 Å². The normalized spacial score (nSPS) is 11.0. The number of amides is 2. The molecule has 0 aliphatic heterocycles. The van der Waals surface area contributed by atoms with E-state index >= 15 is 0 Å². The van der Waals surface area contributed by atoms with E-state index in [-0.39, 0.29) is 5.91 Å². The van der Waals surface area contributed by atoms with E-state index in [0.717, 1.165) is 12.8 Å². The molecule has 0 bridgehead atoms. The zero-order valence-electron chi connectivity index (χ0n) is 19.3. The van der Waals surface area contributed by atoms with Crippen molar-refractivity contribution in [2.45, 2.75) is 142 Å². The Hall–Kier alpha value is -0.900. The Kier molecular flexibility index (Phi) is 22.7. The standard InChI is InChI=1S/C25H49NO3/c1-2-3-4-5-6-7-8-9-10-11-12-13-14-15-16-17-18-19-20-21-22-24(28)26-25(29)23-27/h27H,2-23H2,1H3,(H,26,28,29). The zero-order chi connectivity index (χ0) is 21.4. The molecule has 0 rings (SSSR count). The van der Waals surface area contributed by atoms with Crippen molar-refractivity contribution in [1.29, 1.82) is 0 Å². The average molecular weight is 412 g/mol. The Morgan fingerprint density at radius 3 is 1.14 bits per heavy atom. The fourth-order valence-corrected chi connectivity index (χ4v) is 3.80. The average Bonchev–Trinajstić information content (AvgIpc) is 2.72. The molecule has 0 aromatic heterocycles. The first-order chi connectivity index (χ1) is 14.2. The van der Waals surface area contributed by atoms with E-state index in [9.17, 15) is 9.59 Å². The Bertz CT molecular complexity index is 371. The summed E-state index contributed by atoms with van der Waals surface area (Å²) in [5.74, 6) is -0.880. The van der Waals surface area contributed by atoms with Crippen LogP contribution in [-0.4, -0.2) is 23.5 Å². The zero-order valence-corrected chi connectivity index (χ0v) is 19.3. The third kappa shape index (κ3) is 23.2. The van der Waals surface area contributed by atoms with Gasteiger partial charge in [0.25, 0.3) is 5.91 Å². The van der Waals surface area contributed by atoms with E-state index in [1.165, 1.54) is 116 Å². The van der Waals surface area contributed by atoms with Crippen molar-refractivity contribution in [1.82, 2.24) is 5.32 Å². The highest BCUT2D eigenvalue weighted by molar-refractivity contribution is 5.95. The largest absolute Gasteiger partial charge is 0.387 e. The molecule has 0 aromatic carbocycles. The molecule has 0 aliphatic rings. The summed E-state index contributed by atoms with van der Waals surface area (Å²) >= 11 is 0. The Morgan fingerprint density at radius 1 is 0.517 bits per heavy atom. The molecule has 4 heteroatoms. The fourth-order valence-electron chi connectivity index (χ4n) is 3.80. The fraction of sp³-hybridized carbons (Fsp3) is 0.920. The van der Waals surface area contributed by atoms with Crippen LogP contribution in [0.1, 0.15) is 142 Å². The lowest BCUT2D eigenvalue weighted by Gasteiger charge is -2.04. The second-order valence-electron chi connectivity index (χ2n) is 8.60. The third-order valence-electron chi connectivity index (χ3n) is 5.68. The molecule has 0 heterocycles. The van der Waals surface area contributed by atoms with Crippen molar-refractivity contribution in [3.8, 4) is 0 Å². The lowest BCUT2D eigenvalue weighted by molar-refractivity contribution is -0.132. The summed E-state index contributed by atoms with van der Waals surface area (Å²) in [6, 6.07) is 0. The first kappa shape index (κ1) is 28.1. The van der Waals surface area contributed by atoms with Crippen LogP contribution in [0.15, 0.2) is 0 Å². The molecule has 0 aromatic rings. The topological polar surface area (TPSA) is 66.4 Å². The highest BCUT2D eigenvalue weighted by atomic mass is 16.3. The second-order valence-corrected chi connectivity index (χ2v) is 8.60. The molecule has 0 saturated heterocycles. The third-order valence-corrected chi connectivity index (χ3v) is 5.68. The number of unbranched alkanes of at least 4 members (excludes halogenated alkanes) is 19. The number of hydrogen-bond donors (Lipinski definition) is 2. The van der Waals surface area contributed by atoms with Gasteiger partial charge in [-0.1, -0.05) is 129 Å². The molecular weight excluding hydrogens is 362 g/mol. The molecule has 2 amide bonds. The molecule has 4 nitrogen and oxygen atoms in total. The van der Waals surface area contributed by atoms with Crippen molar-refractivity contribution >= 4 is 11.8 Å². The van der Waals surface area contributed by atoms with Gasteiger partial charge in [0, 0.05) is 6.42 Å². The second kappa shape index (κ2) is 23.4. The van der Waals surface area contributed by atoms with Crippen LogP contribution < -0.4 is 5.32 Å². The first-order valence-electron chi connectivity index (χ1n) is 12.6. The van der Waals surface area contributed by atoms with Crippen LogP contribution in [0.3, 0.4) is 0 Å². The van der Waals surface area contributed by atoms with E-state index in [4.69, 9.17) is 5.11 Å². The van der Waals surface area contributed by atoms with Crippen molar-refractivity contribution in [3.63, 3.8) is 0 Å². The van der Waals surface area contributed by atoms with Gasteiger partial charge >= 0.3 is 0 Å². The maximum absolute atomic E-state index is 11.4. The van der Waals surface area contributed by atoms with E-state index in [1.807, 2.05) is 0 Å². The molecule has 172 valence electrons. The highest BCUT2D eigenvalue weighted by Gasteiger charge is 2.05. The van der Waals surface area contributed by atoms with E-state index in [0.29, 0.717) is 6.42 Å². The number of carbonyl (C=O) groups excluding carboxylic acids is 2. The van der Waals surface area contributed by atoms with Crippen molar-refractivity contribution in [2.75, 3.05) is 6.61 Å². The minimum Gasteiger partial charge on any atom is -0.387 e. The number of nitrogens with one attached hydrogen (secondary N) is 1. The van der Waals surface area contributed by atoms with Crippen molar-refractivity contribution < 1.29 is 14.7 Å². The van der Waals surface area contributed by atoms with Crippen LogP contribution in [0.5, 0.6) is 0 Å². The molecular formula is C25H49NO3. The smallest absolute Gasteiger partial charge is 0.252 e. The summed E-state index contributed by atoms with van der Waals surface area (Å²) in [5.41, 5.74) is 0. The minimum atomic E-state index is -0.620. The monoisotopic (exact) mass is 411 g/mol. The van der Waals surface area contributed by atoms with Gasteiger partial charge < -0.3 is 5.11 Å². The van der Waals surface area contributed by atoms with Gasteiger partial charge in [-0.25, -0.2) is 0 Å². The van der Waals surface area contributed by atoms with Gasteiger partial charge in [0.15, 0.2) is 0 Å². The Balaban J connectivity index is 3.10. The summed E-state index contributed by atoms with van der Waals surface area (Å²) in [7, 11) is 0. The van der Waals surface area contributed by atoms with Gasteiger partial charge in [-0.05, 0) is 6.42 Å². The van der Waals surface area contributed by atoms with Gasteiger partial charge in [0.05, 0.1) is 0 Å². The van der Waals surface area contributed by atoms with Crippen LogP contribution >= 0.6 is 0 Å². The van der Waals surface area contributed by atoms with Gasteiger partial charge in [-0.15, -0.1) is 0 Å². The lowest BCUT2D eigenvalue weighted by atomic mass is 10.0. The van der Waals surface area contributed by atoms with Crippen LogP contribution in [0, 0.1) is 0 Å². The predicted octanol–water partition coefficient (Wildman–Crippen LogP) is 6.83. The number of aliphatic hydroxyl groups is 1. The minimum absolute atomic E-state index is 0.272. The predicted molar refractivity (Wildman–Crippen MR) is 123 cm³/mol. The molecule has 0 spiro atoms. The van der Waals surface area contributed by atoms with Crippen LogP contribution in [0.4, 0.5) is 0 Å². The molecule has 0 saturated carbocycles. The number of imide groups is 1. The summed E-state index contributed by atoms with van der Waals surface area (Å²) in [5, 5.41) is 10.7. The van der Waals surface area contributed by atoms with E-state index in [2.05, 4.69) is 12.2 Å². The SMILES string of the molecule is CCCCCCCCCCCCCCCCCCCCCCC(=O)NC(=O)CO. The summed E-state index contributed by atoms with van der Waals surface area (Å²) in [6.45, 7) is 1.66. The van der Waals surface area contributed by atoms with Gasteiger partial charge in [0.2, 0.25) is 5.91 Å². The first-order valence-corrected chi connectivity index (χ1v) is 12.6. The van der Waals surface area contributed by atoms with E-state index < -0.39 is 12.5 Å². The Labute approximate surface area is 180 Å². The molecule has 29 heavy (non-hydrogen) atoms. The molecule has 0 unspecified atom stereocenters. The summed E-state index contributed by atoms with van der Waals surface area (Å²) in [4.78, 5) is 22.2. The highest BCUT2D eigenvalue weighted by Crippen LogP contribution is 2.15. The molecule has 0 radical (unpaired) electrons. The molecule has 2 N–H and O–H groups in total. The maximum atomic E-state index is 11.4. The van der Waals surface area contributed by atoms with Crippen molar-refractivity contribution in [3.05, 3.63) is 0 Å². The molecule has 0 atom stereocenters. The molecule has 0 aliphatic carbocycles. The number of carbonyl (C=O) groups is 2. The maximum Gasteiger partial charge on any atom is 0.252 e.